The Labute approximate surface area is 181 Å². The first-order valence-electron chi connectivity index (χ1n) is 8.99. The number of β-lactam (4-membered cyclic amide) rings is 1. The Morgan fingerprint density at radius 3 is 2.90 bits per heavy atom. The molecule has 0 saturated carbocycles. The van der Waals surface area contributed by atoms with Gasteiger partial charge in [0, 0.05) is 11.8 Å². The second-order valence-electron chi connectivity index (χ2n) is 7.00. The number of aliphatic carboxylic acids is 1. The molecule has 3 fully saturated rings. The number of amides is 2. The van der Waals surface area contributed by atoms with E-state index in [-0.39, 0.29) is 35.1 Å². The van der Waals surface area contributed by atoms with Crippen molar-refractivity contribution in [3.05, 3.63) is 11.1 Å². The molecular weight excluding hydrogens is 454 g/mol. The molecule has 1 aromatic heterocycles. The summed E-state index contributed by atoms with van der Waals surface area (Å²) in [6.45, 7) is 0. The van der Waals surface area contributed by atoms with Crippen molar-refractivity contribution in [3.63, 3.8) is 0 Å². The highest BCUT2D eigenvalue weighted by molar-refractivity contribution is 7.92. The van der Waals surface area contributed by atoms with Crippen molar-refractivity contribution in [2.24, 2.45) is 11.1 Å². The number of anilines is 1. The van der Waals surface area contributed by atoms with Crippen molar-refractivity contribution in [1.82, 2.24) is 15.2 Å². The molecule has 4 rings (SSSR count). The van der Waals surface area contributed by atoms with Gasteiger partial charge in [-0.1, -0.05) is 5.16 Å². The van der Waals surface area contributed by atoms with Crippen LogP contribution in [-0.2, 0) is 39.9 Å². The molecule has 0 aliphatic carbocycles. The van der Waals surface area contributed by atoms with Crippen LogP contribution in [0.2, 0.25) is 0 Å². The number of ether oxygens (including phenoxy) is 1. The fourth-order valence-electron chi connectivity index (χ4n) is 3.98. The molecule has 5 atom stereocenters. The number of esters is 1. The summed E-state index contributed by atoms with van der Waals surface area (Å²) in [4.78, 5) is 59.0. The molecule has 166 valence electrons. The molecule has 1 aromatic rings. The van der Waals surface area contributed by atoms with Crippen LogP contribution in [0.15, 0.2) is 10.5 Å². The lowest BCUT2D eigenvalue weighted by Crippen LogP contribution is -2.85. The van der Waals surface area contributed by atoms with E-state index < -0.39 is 58.0 Å². The van der Waals surface area contributed by atoms with Crippen LogP contribution >= 0.6 is 11.3 Å². The largest absolute Gasteiger partial charge is 0.615 e. The maximum absolute atomic E-state index is 12.9. The van der Waals surface area contributed by atoms with E-state index in [4.69, 9.17) is 10.5 Å². The van der Waals surface area contributed by atoms with Crippen LogP contribution in [0.5, 0.6) is 0 Å². The van der Waals surface area contributed by atoms with Crippen molar-refractivity contribution in [3.8, 4) is 0 Å². The Hall–Kier alpha value is -2.91. The molecule has 31 heavy (non-hydrogen) atoms. The van der Waals surface area contributed by atoms with Crippen molar-refractivity contribution < 1.29 is 38.4 Å². The summed E-state index contributed by atoms with van der Waals surface area (Å²) in [7, 11) is 1.21. The van der Waals surface area contributed by atoms with Gasteiger partial charge in [0.15, 0.2) is 16.9 Å². The van der Waals surface area contributed by atoms with Gasteiger partial charge in [-0.25, -0.2) is 14.7 Å². The number of fused-ring (bicyclic) bond motifs is 3. The van der Waals surface area contributed by atoms with Gasteiger partial charge in [-0.3, -0.25) is 14.4 Å². The molecule has 4 N–H and O–H groups in total. The molecule has 3 saturated heterocycles. The van der Waals surface area contributed by atoms with Crippen molar-refractivity contribution in [2.45, 2.75) is 30.0 Å². The van der Waals surface area contributed by atoms with E-state index in [0.29, 0.717) is 0 Å². The molecule has 3 aliphatic heterocycles. The third kappa shape index (κ3) is 3.19. The number of rotatable bonds is 5. The zero-order chi connectivity index (χ0) is 22.5. The Balaban J connectivity index is 1.60. The number of carboxylic acids is 1. The van der Waals surface area contributed by atoms with Gasteiger partial charge in [0.05, 0.1) is 5.92 Å². The molecule has 0 bridgehead atoms. The summed E-state index contributed by atoms with van der Waals surface area (Å²) < 4.78 is 18.0. The summed E-state index contributed by atoms with van der Waals surface area (Å²) in [5, 5.41) is 16.3. The maximum Gasteiger partial charge on any atom is 0.371 e. The number of nitrogens with two attached hydrogens (primary N) is 1. The zero-order valence-corrected chi connectivity index (χ0v) is 17.6. The first-order valence-corrected chi connectivity index (χ1v) is 11.3. The van der Waals surface area contributed by atoms with E-state index in [1.807, 2.05) is 0 Å². The highest BCUT2D eigenvalue weighted by atomic mass is 32.2. The van der Waals surface area contributed by atoms with Gasteiger partial charge >= 0.3 is 11.9 Å². The number of nitrogens with zero attached hydrogens (tertiary/aromatic N) is 3. The zero-order valence-electron chi connectivity index (χ0n) is 16.0. The fourth-order valence-corrected chi connectivity index (χ4v) is 6.49. The quantitative estimate of drug-likeness (QED) is 0.145. The Kier molecular flexibility index (Phi) is 5.26. The summed E-state index contributed by atoms with van der Waals surface area (Å²) >= 11 is -0.632. The number of aromatic nitrogens is 1. The van der Waals surface area contributed by atoms with Crippen LogP contribution < -0.4 is 11.1 Å². The molecule has 0 spiro atoms. The number of nitrogens with one attached hydrogen (secondary N) is 1. The normalized spacial score (nSPS) is 32.3. The average Bonchev–Trinajstić information content (AvgIpc) is 3.14. The van der Waals surface area contributed by atoms with Gasteiger partial charge in [-0.2, -0.15) is 0 Å². The number of carbonyl (C=O) groups excluding carboxylic acids is 3. The number of carboxylic acid groups (broad SMARTS) is 1. The Morgan fingerprint density at radius 2 is 2.29 bits per heavy atom. The molecule has 3 aliphatic rings. The highest BCUT2D eigenvalue weighted by Crippen LogP contribution is 2.47. The average molecular weight is 471 g/mol. The monoisotopic (exact) mass is 471 g/mol. The van der Waals surface area contributed by atoms with Gasteiger partial charge in [-0.15, -0.1) is 11.3 Å². The standard InChI is InChI=1S/C16H17N5O8S2/c1-28-20-9(7-4-30-15(17)18-7)11(23)19-10-12(24)21-13(10)31(27)5-6-2-3-8(22)29-16(6,21)14(25)26/h4,6,10,13H,2-3,5H2,1H3,(H2,17,18)(H,19,23)(H,25,26)/b20-9-/t6-,10+,13+,16+,31-/m0/s1. The molecule has 2 amide bonds. The summed E-state index contributed by atoms with van der Waals surface area (Å²) in [5.74, 6) is -4.88. The minimum absolute atomic E-state index is 0.0304. The minimum Gasteiger partial charge on any atom is -0.615 e. The van der Waals surface area contributed by atoms with Crippen molar-refractivity contribution >= 4 is 57.1 Å². The Bertz CT molecular complexity index is 998. The number of carbonyl (C=O) groups is 4. The first kappa shape index (κ1) is 21.3. The van der Waals surface area contributed by atoms with Crippen LogP contribution in [0.3, 0.4) is 0 Å². The van der Waals surface area contributed by atoms with Crippen LogP contribution in [0.1, 0.15) is 18.5 Å². The van der Waals surface area contributed by atoms with E-state index in [0.717, 1.165) is 16.2 Å². The SMILES string of the molecule is CO/N=C(\C(=O)N[C@@H]1C(=O)N2[C@@H]1[S@@+]([O-])C[C@@H]1CCC(=O)O[C@@]12C(=O)O)c1csc(N)n1. The number of nitrogen functional groups attached to an aromatic ring is 1. The lowest BCUT2D eigenvalue weighted by Gasteiger charge is -2.58. The van der Waals surface area contributed by atoms with E-state index in [2.05, 4.69) is 20.3 Å². The highest BCUT2D eigenvalue weighted by Gasteiger charge is 2.74. The lowest BCUT2D eigenvalue weighted by atomic mass is 9.84. The second-order valence-corrected chi connectivity index (χ2v) is 9.47. The topological polar surface area (TPSA) is 197 Å². The second kappa shape index (κ2) is 7.65. The van der Waals surface area contributed by atoms with Gasteiger partial charge in [0.2, 0.25) is 5.37 Å². The molecule has 0 unspecified atom stereocenters. The number of hydrogen-bond donors (Lipinski definition) is 3. The van der Waals surface area contributed by atoms with Crippen LogP contribution in [0.4, 0.5) is 5.13 Å². The van der Waals surface area contributed by atoms with E-state index in [1.165, 1.54) is 12.5 Å². The first-order chi connectivity index (χ1) is 14.7. The van der Waals surface area contributed by atoms with Crippen LogP contribution in [0.25, 0.3) is 0 Å². The fraction of sp³-hybridized carbons (Fsp3) is 0.500. The van der Waals surface area contributed by atoms with Crippen molar-refractivity contribution in [2.75, 3.05) is 18.6 Å². The van der Waals surface area contributed by atoms with Crippen LogP contribution in [0, 0.1) is 5.92 Å². The minimum atomic E-state index is -2.24. The predicted octanol–water partition coefficient (Wildman–Crippen LogP) is -1.77. The molecule has 13 nitrogen and oxygen atoms in total. The molecule has 0 aromatic carbocycles. The van der Waals surface area contributed by atoms with Crippen molar-refractivity contribution in [1.29, 1.82) is 0 Å². The van der Waals surface area contributed by atoms with Gasteiger partial charge in [-0.05, 0) is 17.6 Å². The van der Waals surface area contributed by atoms with E-state index in [9.17, 15) is 28.8 Å². The molecular formula is C16H17N5O8S2. The van der Waals surface area contributed by atoms with Gasteiger partial charge in [0.25, 0.3) is 17.5 Å². The van der Waals surface area contributed by atoms with E-state index in [1.54, 1.807) is 0 Å². The molecule has 0 radical (unpaired) electrons. The smallest absolute Gasteiger partial charge is 0.371 e. The predicted molar refractivity (Wildman–Crippen MR) is 105 cm³/mol. The number of hydrogen-bond acceptors (Lipinski definition) is 11. The molecule has 15 heteroatoms. The van der Waals surface area contributed by atoms with Gasteiger partial charge in [0.1, 0.15) is 18.6 Å². The Morgan fingerprint density at radius 1 is 1.55 bits per heavy atom. The summed E-state index contributed by atoms with van der Waals surface area (Å²) in [6.07, 6.45) is 0.0949. The summed E-state index contributed by atoms with van der Waals surface area (Å²) in [5.41, 5.74) is 3.18. The van der Waals surface area contributed by atoms with Gasteiger partial charge < -0.3 is 30.3 Å². The van der Waals surface area contributed by atoms with E-state index >= 15 is 0 Å². The number of thiazole rings is 1. The number of oxime groups is 1. The maximum atomic E-state index is 12.9. The van der Waals surface area contributed by atoms with Crippen LogP contribution in [-0.4, -0.2) is 79.0 Å². The third-order valence-corrected chi connectivity index (χ3v) is 7.74. The lowest BCUT2D eigenvalue weighted by molar-refractivity contribution is -0.240. The third-order valence-electron chi connectivity index (χ3n) is 5.31. The summed E-state index contributed by atoms with van der Waals surface area (Å²) in [6, 6.07) is -1.30. The molecule has 4 heterocycles.